The van der Waals surface area contributed by atoms with Gasteiger partial charge in [-0.15, -0.1) is 0 Å². The van der Waals surface area contributed by atoms with E-state index in [2.05, 4.69) is 12.2 Å². The molecule has 3 heteroatoms. The van der Waals surface area contributed by atoms with Crippen molar-refractivity contribution in [1.29, 1.82) is 0 Å². The minimum absolute atomic E-state index is 0.198. The van der Waals surface area contributed by atoms with Gasteiger partial charge >= 0.3 is 0 Å². The van der Waals surface area contributed by atoms with E-state index in [-0.39, 0.29) is 11.6 Å². The molecule has 0 radical (unpaired) electrons. The van der Waals surface area contributed by atoms with E-state index in [0.717, 1.165) is 5.56 Å². The van der Waals surface area contributed by atoms with E-state index >= 15 is 0 Å². The summed E-state index contributed by atoms with van der Waals surface area (Å²) in [4.78, 5) is 0. The summed E-state index contributed by atoms with van der Waals surface area (Å²) in [5.74, 6) is 0.624. The Balaban J connectivity index is 1.81. The van der Waals surface area contributed by atoms with Crippen LogP contribution in [-0.4, -0.2) is 16.7 Å². The SMILES string of the molecule is CC12CC(C1)[C@@H](C(O)c1cccc(Cl)c1)N2. The van der Waals surface area contributed by atoms with E-state index in [9.17, 15) is 5.11 Å². The number of rotatable bonds is 2. The zero-order chi connectivity index (χ0) is 11.3. The molecule has 2 bridgehead atoms. The van der Waals surface area contributed by atoms with Crippen molar-refractivity contribution in [3.05, 3.63) is 34.9 Å². The maximum atomic E-state index is 10.3. The molecule has 1 aliphatic carbocycles. The molecule has 0 aromatic heterocycles. The zero-order valence-electron chi connectivity index (χ0n) is 9.28. The van der Waals surface area contributed by atoms with E-state index in [1.807, 2.05) is 24.3 Å². The summed E-state index contributed by atoms with van der Waals surface area (Å²) in [5.41, 5.74) is 1.19. The van der Waals surface area contributed by atoms with Gasteiger partial charge in [0.15, 0.2) is 0 Å². The Morgan fingerprint density at radius 1 is 1.50 bits per heavy atom. The van der Waals surface area contributed by atoms with Crippen LogP contribution in [0.25, 0.3) is 0 Å². The number of aliphatic hydroxyl groups is 1. The Labute approximate surface area is 101 Å². The van der Waals surface area contributed by atoms with Gasteiger partial charge in [0.05, 0.1) is 6.10 Å². The van der Waals surface area contributed by atoms with Crippen LogP contribution in [0.4, 0.5) is 0 Å². The van der Waals surface area contributed by atoms with E-state index < -0.39 is 6.10 Å². The topological polar surface area (TPSA) is 32.3 Å². The fraction of sp³-hybridized carbons (Fsp3) is 0.538. The Hall–Kier alpha value is -0.570. The number of halogens is 1. The van der Waals surface area contributed by atoms with Crippen LogP contribution in [0.3, 0.4) is 0 Å². The highest BCUT2D eigenvalue weighted by Crippen LogP contribution is 2.50. The Bertz CT molecular complexity index is 414. The van der Waals surface area contributed by atoms with Gasteiger partial charge in [-0.3, -0.25) is 0 Å². The first-order valence-corrected chi connectivity index (χ1v) is 6.16. The van der Waals surface area contributed by atoms with Gasteiger partial charge in [-0.2, -0.15) is 0 Å². The minimum atomic E-state index is -0.437. The molecule has 16 heavy (non-hydrogen) atoms. The predicted octanol–water partition coefficient (Wildman–Crippen LogP) is 2.51. The van der Waals surface area contributed by atoms with Gasteiger partial charge in [0.1, 0.15) is 0 Å². The van der Waals surface area contributed by atoms with Crippen LogP contribution >= 0.6 is 11.6 Å². The third-order valence-electron chi connectivity index (χ3n) is 3.98. The molecule has 2 aliphatic heterocycles. The smallest absolute Gasteiger partial charge is 0.0946 e. The second-order valence-corrected chi connectivity index (χ2v) is 5.84. The van der Waals surface area contributed by atoms with Crippen LogP contribution in [-0.2, 0) is 0 Å². The maximum absolute atomic E-state index is 10.3. The monoisotopic (exact) mass is 237 g/mol. The molecule has 4 rings (SSSR count). The Morgan fingerprint density at radius 2 is 2.25 bits per heavy atom. The molecule has 0 amide bonds. The van der Waals surface area contributed by atoms with Crippen molar-refractivity contribution in [2.45, 2.75) is 37.5 Å². The van der Waals surface area contributed by atoms with E-state index in [0.29, 0.717) is 10.9 Å². The van der Waals surface area contributed by atoms with Gasteiger partial charge in [-0.1, -0.05) is 23.7 Å². The highest BCUT2D eigenvalue weighted by molar-refractivity contribution is 6.30. The number of nitrogens with one attached hydrogen (secondary N) is 1. The van der Waals surface area contributed by atoms with Crippen LogP contribution in [0.5, 0.6) is 0 Å². The predicted molar refractivity (Wildman–Crippen MR) is 64.5 cm³/mol. The first-order chi connectivity index (χ1) is 7.57. The van der Waals surface area contributed by atoms with Crippen molar-refractivity contribution >= 4 is 11.6 Å². The van der Waals surface area contributed by atoms with Gasteiger partial charge in [0.2, 0.25) is 0 Å². The minimum Gasteiger partial charge on any atom is -0.387 e. The first kappa shape index (κ1) is 10.6. The molecule has 1 unspecified atom stereocenters. The maximum Gasteiger partial charge on any atom is 0.0946 e. The molecule has 2 saturated heterocycles. The molecule has 2 N–H and O–H groups in total. The van der Waals surface area contributed by atoms with Gasteiger partial charge in [0, 0.05) is 16.6 Å². The lowest BCUT2D eigenvalue weighted by molar-refractivity contribution is 0.121. The number of aliphatic hydroxyl groups excluding tert-OH is 1. The number of fused-ring (bicyclic) bond motifs is 1. The Kier molecular flexibility index (Phi) is 2.29. The molecule has 2 nitrogen and oxygen atoms in total. The molecule has 2 atom stereocenters. The third kappa shape index (κ3) is 1.56. The molecule has 0 spiro atoms. The van der Waals surface area contributed by atoms with Crippen molar-refractivity contribution in [2.24, 2.45) is 5.92 Å². The van der Waals surface area contributed by atoms with Crippen LogP contribution in [0, 0.1) is 5.92 Å². The number of benzene rings is 1. The van der Waals surface area contributed by atoms with E-state index in [1.165, 1.54) is 12.8 Å². The summed E-state index contributed by atoms with van der Waals surface area (Å²) < 4.78 is 0. The molecule has 3 fully saturated rings. The van der Waals surface area contributed by atoms with E-state index in [1.54, 1.807) is 0 Å². The third-order valence-corrected chi connectivity index (χ3v) is 4.21. The van der Waals surface area contributed by atoms with Crippen molar-refractivity contribution in [3.63, 3.8) is 0 Å². The number of hydrogen-bond donors (Lipinski definition) is 2. The quantitative estimate of drug-likeness (QED) is 0.829. The first-order valence-electron chi connectivity index (χ1n) is 5.79. The fourth-order valence-electron chi connectivity index (χ4n) is 3.22. The fourth-order valence-corrected chi connectivity index (χ4v) is 3.42. The molecular formula is C13H16ClNO. The van der Waals surface area contributed by atoms with Crippen molar-refractivity contribution < 1.29 is 5.11 Å². The highest BCUT2D eigenvalue weighted by atomic mass is 35.5. The van der Waals surface area contributed by atoms with Gasteiger partial charge in [-0.25, -0.2) is 0 Å². The second-order valence-electron chi connectivity index (χ2n) is 5.40. The lowest BCUT2D eigenvalue weighted by Crippen LogP contribution is -2.40. The summed E-state index contributed by atoms with van der Waals surface area (Å²) in [6.07, 6.45) is 1.94. The molecule has 1 saturated carbocycles. The summed E-state index contributed by atoms with van der Waals surface area (Å²) in [7, 11) is 0. The van der Waals surface area contributed by atoms with Crippen molar-refractivity contribution in [1.82, 2.24) is 5.32 Å². The summed E-state index contributed by atoms with van der Waals surface area (Å²) >= 11 is 5.94. The normalized spacial score (nSPS) is 38.2. The summed E-state index contributed by atoms with van der Waals surface area (Å²) in [6.45, 7) is 2.23. The lowest BCUT2D eigenvalue weighted by Gasteiger charge is -2.33. The highest BCUT2D eigenvalue weighted by Gasteiger charge is 2.54. The molecular weight excluding hydrogens is 222 g/mol. The molecule has 3 aliphatic rings. The van der Waals surface area contributed by atoms with Gasteiger partial charge in [0.25, 0.3) is 0 Å². The number of hydrogen-bond acceptors (Lipinski definition) is 2. The average Bonchev–Trinajstić information content (AvgIpc) is 2.70. The van der Waals surface area contributed by atoms with Crippen molar-refractivity contribution in [3.8, 4) is 0 Å². The summed E-state index contributed by atoms with van der Waals surface area (Å²) in [5, 5.41) is 14.6. The van der Waals surface area contributed by atoms with Crippen molar-refractivity contribution in [2.75, 3.05) is 0 Å². The molecule has 1 aromatic carbocycles. The lowest BCUT2D eigenvalue weighted by atomic mass is 9.72. The second kappa shape index (κ2) is 3.46. The Morgan fingerprint density at radius 3 is 2.81 bits per heavy atom. The average molecular weight is 238 g/mol. The van der Waals surface area contributed by atoms with Gasteiger partial charge < -0.3 is 10.4 Å². The zero-order valence-corrected chi connectivity index (χ0v) is 10.0. The van der Waals surface area contributed by atoms with E-state index in [4.69, 9.17) is 11.6 Å². The van der Waals surface area contributed by atoms with Crippen LogP contribution in [0.2, 0.25) is 5.02 Å². The van der Waals surface area contributed by atoms with Crippen LogP contribution < -0.4 is 5.32 Å². The molecule has 86 valence electrons. The van der Waals surface area contributed by atoms with Crippen LogP contribution in [0.1, 0.15) is 31.4 Å². The standard InChI is InChI=1S/C13H16ClNO/c1-13-6-9(7-13)11(15-13)12(16)8-3-2-4-10(14)5-8/h2-5,9,11-12,15-16H,6-7H2,1H3/t9?,11-,12?,13?/m0/s1. The molecule has 1 aromatic rings. The summed E-state index contributed by atoms with van der Waals surface area (Å²) in [6, 6.07) is 7.72. The largest absolute Gasteiger partial charge is 0.387 e. The van der Waals surface area contributed by atoms with Crippen LogP contribution in [0.15, 0.2) is 24.3 Å². The van der Waals surface area contributed by atoms with Gasteiger partial charge in [-0.05, 0) is 43.4 Å². The molecule has 2 heterocycles.